The van der Waals surface area contributed by atoms with Crippen LogP contribution in [0.5, 0.6) is 5.75 Å². The molecule has 1 aromatic carbocycles. The Labute approximate surface area is 104 Å². The minimum Gasteiger partial charge on any atom is -0.497 e. The van der Waals surface area contributed by atoms with Crippen LogP contribution in [0.15, 0.2) is 18.2 Å². The molecule has 0 spiro atoms. The molecule has 2 aromatic rings. The standard InChI is InChI=1S/C13H13N3O2/c1-18-8-3-5-9-7(6-8)2-4-10-11(9)15-16-12(10)13(14)17/h3,5-6H,2,4H2,1H3,(H2,14,17)(H,15,16). The van der Waals surface area contributed by atoms with E-state index in [1.54, 1.807) is 7.11 Å². The molecule has 3 rings (SSSR count). The maximum Gasteiger partial charge on any atom is 0.267 e. The van der Waals surface area contributed by atoms with Gasteiger partial charge in [0.15, 0.2) is 0 Å². The number of primary amides is 1. The van der Waals surface area contributed by atoms with E-state index in [1.807, 2.05) is 18.2 Å². The third kappa shape index (κ3) is 1.48. The van der Waals surface area contributed by atoms with Crippen LogP contribution in [0.4, 0.5) is 0 Å². The third-order valence-electron chi connectivity index (χ3n) is 3.33. The van der Waals surface area contributed by atoms with E-state index in [-0.39, 0.29) is 0 Å². The van der Waals surface area contributed by atoms with Gasteiger partial charge in [-0.2, -0.15) is 5.10 Å². The molecule has 0 unspecified atom stereocenters. The summed E-state index contributed by atoms with van der Waals surface area (Å²) >= 11 is 0. The summed E-state index contributed by atoms with van der Waals surface area (Å²) in [5.74, 6) is 0.378. The largest absolute Gasteiger partial charge is 0.497 e. The Morgan fingerprint density at radius 2 is 2.28 bits per heavy atom. The molecular weight excluding hydrogens is 230 g/mol. The van der Waals surface area contributed by atoms with Crippen LogP contribution in [0, 0.1) is 0 Å². The zero-order valence-corrected chi connectivity index (χ0v) is 9.99. The van der Waals surface area contributed by atoms with Crippen molar-refractivity contribution in [1.82, 2.24) is 10.2 Å². The van der Waals surface area contributed by atoms with Crippen LogP contribution in [0.25, 0.3) is 11.3 Å². The van der Waals surface area contributed by atoms with E-state index in [9.17, 15) is 4.79 Å². The fourth-order valence-electron chi connectivity index (χ4n) is 2.43. The lowest BCUT2D eigenvalue weighted by molar-refractivity contribution is 0.0994. The van der Waals surface area contributed by atoms with Crippen LogP contribution < -0.4 is 10.5 Å². The average molecular weight is 243 g/mol. The van der Waals surface area contributed by atoms with Gasteiger partial charge in [0, 0.05) is 11.1 Å². The third-order valence-corrected chi connectivity index (χ3v) is 3.33. The lowest BCUT2D eigenvalue weighted by atomic mass is 9.89. The van der Waals surface area contributed by atoms with Crippen LogP contribution in [0.1, 0.15) is 21.6 Å². The normalized spacial score (nSPS) is 12.7. The fraction of sp³-hybridized carbons (Fsp3) is 0.231. The Morgan fingerprint density at radius 1 is 1.44 bits per heavy atom. The SMILES string of the molecule is COc1ccc2c(c1)CCc1c-2n[nH]c1C(N)=O. The summed E-state index contributed by atoms with van der Waals surface area (Å²) < 4.78 is 5.21. The molecule has 0 saturated carbocycles. The molecule has 92 valence electrons. The van der Waals surface area contributed by atoms with Gasteiger partial charge in [-0.15, -0.1) is 0 Å². The van der Waals surface area contributed by atoms with Crippen molar-refractivity contribution in [2.24, 2.45) is 5.73 Å². The molecule has 3 N–H and O–H groups in total. The highest BCUT2D eigenvalue weighted by Gasteiger charge is 2.24. The van der Waals surface area contributed by atoms with Gasteiger partial charge in [-0.05, 0) is 36.6 Å². The second-order valence-electron chi connectivity index (χ2n) is 4.31. The number of amides is 1. The summed E-state index contributed by atoms with van der Waals surface area (Å²) in [7, 11) is 1.65. The lowest BCUT2D eigenvalue weighted by Gasteiger charge is -2.16. The monoisotopic (exact) mass is 243 g/mol. The maximum absolute atomic E-state index is 11.3. The van der Waals surface area contributed by atoms with E-state index in [0.29, 0.717) is 5.69 Å². The van der Waals surface area contributed by atoms with Crippen molar-refractivity contribution in [3.8, 4) is 17.0 Å². The summed E-state index contributed by atoms with van der Waals surface area (Å²) in [4.78, 5) is 11.3. The highest BCUT2D eigenvalue weighted by molar-refractivity contribution is 5.94. The minimum absolute atomic E-state index is 0.423. The molecule has 0 fully saturated rings. The topological polar surface area (TPSA) is 81.0 Å². The molecule has 0 saturated heterocycles. The van der Waals surface area contributed by atoms with E-state index in [4.69, 9.17) is 10.5 Å². The van der Waals surface area contributed by atoms with Gasteiger partial charge in [0.05, 0.1) is 12.8 Å². The van der Waals surface area contributed by atoms with Crippen LogP contribution in [0.3, 0.4) is 0 Å². The number of carbonyl (C=O) groups is 1. The molecule has 1 amide bonds. The number of nitrogens with one attached hydrogen (secondary N) is 1. The molecule has 1 aliphatic carbocycles. The van der Waals surface area contributed by atoms with Crippen molar-refractivity contribution in [2.75, 3.05) is 7.11 Å². The Morgan fingerprint density at radius 3 is 3.00 bits per heavy atom. The molecule has 5 nitrogen and oxygen atoms in total. The van der Waals surface area contributed by atoms with Crippen molar-refractivity contribution in [3.63, 3.8) is 0 Å². The van der Waals surface area contributed by atoms with Crippen molar-refractivity contribution in [1.29, 1.82) is 0 Å². The van der Waals surface area contributed by atoms with Gasteiger partial charge < -0.3 is 10.5 Å². The number of benzene rings is 1. The number of methoxy groups -OCH3 is 1. The van der Waals surface area contributed by atoms with Gasteiger partial charge in [0.1, 0.15) is 11.4 Å². The lowest BCUT2D eigenvalue weighted by Crippen LogP contribution is -2.15. The van der Waals surface area contributed by atoms with Gasteiger partial charge in [-0.25, -0.2) is 0 Å². The first kappa shape index (κ1) is 10.8. The number of rotatable bonds is 2. The number of H-pyrrole nitrogens is 1. The summed E-state index contributed by atoms with van der Waals surface area (Å²) in [6.45, 7) is 0. The highest BCUT2D eigenvalue weighted by atomic mass is 16.5. The first-order chi connectivity index (χ1) is 8.70. The zero-order chi connectivity index (χ0) is 12.7. The van der Waals surface area contributed by atoms with Gasteiger partial charge >= 0.3 is 0 Å². The van der Waals surface area contributed by atoms with Crippen LogP contribution in [-0.2, 0) is 12.8 Å². The summed E-state index contributed by atoms with van der Waals surface area (Å²) in [5, 5.41) is 6.94. The Balaban J connectivity index is 2.15. The van der Waals surface area contributed by atoms with E-state index < -0.39 is 5.91 Å². The molecule has 0 bridgehead atoms. The second-order valence-corrected chi connectivity index (χ2v) is 4.31. The quantitative estimate of drug-likeness (QED) is 0.833. The number of aromatic nitrogens is 2. The zero-order valence-electron chi connectivity index (χ0n) is 9.99. The number of nitrogens with zero attached hydrogens (tertiary/aromatic N) is 1. The molecule has 0 atom stereocenters. The Kier molecular flexibility index (Phi) is 2.33. The smallest absolute Gasteiger partial charge is 0.267 e. The Bertz CT molecular complexity index is 631. The van der Waals surface area contributed by atoms with Crippen LogP contribution >= 0.6 is 0 Å². The van der Waals surface area contributed by atoms with Gasteiger partial charge in [-0.1, -0.05) is 0 Å². The number of carbonyl (C=O) groups excluding carboxylic acids is 1. The molecule has 5 heteroatoms. The minimum atomic E-state index is -0.458. The first-order valence-corrected chi connectivity index (χ1v) is 5.75. The molecular formula is C13H13N3O2. The molecule has 0 aliphatic heterocycles. The van der Waals surface area contributed by atoms with Gasteiger partial charge in [0.2, 0.25) is 0 Å². The molecule has 1 aliphatic rings. The van der Waals surface area contributed by atoms with E-state index >= 15 is 0 Å². The molecule has 1 aromatic heterocycles. The van der Waals surface area contributed by atoms with Crippen molar-refractivity contribution in [3.05, 3.63) is 35.0 Å². The number of fused-ring (bicyclic) bond motifs is 3. The number of ether oxygens (including phenoxy) is 1. The first-order valence-electron chi connectivity index (χ1n) is 5.75. The van der Waals surface area contributed by atoms with Crippen LogP contribution in [0.2, 0.25) is 0 Å². The molecule has 1 heterocycles. The molecule has 0 radical (unpaired) electrons. The summed E-state index contributed by atoms with van der Waals surface area (Å²) in [6, 6.07) is 5.88. The predicted octanol–water partition coefficient (Wildman–Crippen LogP) is 1.28. The average Bonchev–Trinajstić information content (AvgIpc) is 2.82. The van der Waals surface area contributed by atoms with Crippen molar-refractivity contribution < 1.29 is 9.53 Å². The van der Waals surface area contributed by atoms with Gasteiger partial charge in [0.25, 0.3) is 5.91 Å². The number of nitrogens with two attached hydrogens (primary N) is 1. The maximum atomic E-state index is 11.3. The van der Waals surface area contributed by atoms with Crippen molar-refractivity contribution in [2.45, 2.75) is 12.8 Å². The van der Waals surface area contributed by atoms with E-state index in [2.05, 4.69) is 10.2 Å². The number of hydrogen-bond acceptors (Lipinski definition) is 3. The van der Waals surface area contributed by atoms with E-state index in [0.717, 1.165) is 35.4 Å². The highest BCUT2D eigenvalue weighted by Crippen LogP contribution is 2.35. The predicted molar refractivity (Wildman–Crippen MR) is 66.5 cm³/mol. The van der Waals surface area contributed by atoms with Gasteiger partial charge in [-0.3, -0.25) is 9.89 Å². The van der Waals surface area contributed by atoms with Crippen molar-refractivity contribution >= 4 is 5.91 Å². The fourth-order valence-corrected chi connectivity index (χ4v) is 2.43. The summed E-state index contributed by atoms with van der Waals surface area (Å²) in [5.41, 5.74) is 9.71. The number of aromatic amines is 1. The van der Waals surface area contributed by atoms with E-state index in [1.165, 1.54) is 5.56 Å². The Hall–Kier alpha value is -2.30. The molecule has 18 heavy (non-hydrogen) atoms. The summed E-state index contributed by atoms with van der Waals surface area (Å²) in [6.07, 6.45) is 1.63. The second kappa shape index (κ2) is 3.87. The number of hydrogen-bond donors (Lipinski definition) is 2. The van der Waals surface area contributed by atoms with Crippen LogP contribution in [-0.4, -0.2) is 23.2 Å². The number of aryl methyl sites for hydroxylation is 1.